The summed E-state index contributed by atoms with van der Waals surface area (Å²) in [4.78, 5) is 3.36. The van der Waals surface area contributed by atoms with Crippen molar-refractivity contribution in [3.63, 3.8) is 0 Å². The van der Waals surface area contributed by atoms with Crippen LogP contribution in [0.25, 0.3) is 10.4 Å². The lowest BCUT2D eigenvalue weighted by molar-refractivity contribution is -0.338. The molecule has 382 valence electrons. The number of azide groups is 1. The van der Waals surface area contributed by atoms with Gasteiger partial charge in [-0.3, -0.25) is 0 Å². The molecule has 1 saturated heterocycles. The fraction of sp³-hybridized carbons (Fsp3) is 0.311. The van der Waals surface area contributed by atoms with Gasteiger partial charge < -0.3 is 47.7 Å². The average molecular weight is 998 g/mol. The molecule has 7 aromatic rings. The molecule has 0 bridgehead atoms. The van der Waals surface area contributed by atoms with Gasteiger partial charge in [-0.2, -0.15) is 0 Å². The normalized spacial score (nSPS) is 24.7. The molecule has 1 N–H and O–H groups in total. The van der Waals surface area contributed by atoms with Crippen LogP contribution in [-0.4, -0.2) is 79.0 Å². The minimum absolute atomic E-state index is 0.0462. The first-order valence-electron chi connectivity index (χ1n) is 25.2. The molecule has 13 nitrogen and oxygen atoms in total. The second-order valence-corrected chi connectivity index (χ2v) is 18.4. The summed E-state index contributed by atoms with van der Waals surface area (Å²) in [5.41, 5.74) is 16.8. The van der Waals surface area contributed by atoms with Crippen molar-refractivity contribution in [3.05, 3.63) is 262 Å². The van der Waals surface area contributed by atoms with Crippen molar-refractivity contribution in [1.82, 2.24) is 0 Å². The van der Waals surface area contributed by atoms with Crippen molar-refractivity contribution in [3.8, 4) is 0 Å². The Bertz CT molecular complexity index is 2710. The number of ether oxygens (including phenoxy) is 9. The molecule has 0 aromatic heterocycles. The molecule has 1 aliphatic heterocycles. The maximum absolute atomic E-state index is 13.1. The summed E-state index contributed by atoms with van der Waals surface area (Å²) >= 11 is 0. The average Bonchev–Trinajstić information content (AvgIpc) is 3.46. The number of aliphatic hydroxyl groups excluding tert-OH is 1. The minimum Gasteiger partial charge on any atom is -0.387 e. The lowest BCUT2D eigenvalue weighted by atomic mass is 9.83. The van der Waals surface area contributed by atoms with Crippen LogP contribution >= 0.6 is 0 Å². The third-order valence-corrected chi connectivity index (χ3v) is 13.2. The van der Waals surface area contributed by atoms with Crippen LogP contribution in [0.3, 0.4) is 0 Å². The number of benzene rings is 7. The predicted molar refractivity (Wildman–Crippen MR) is 279 cm³/mol. The minimum atomic E-state index is -1.42. The van der Waals surface area contributed by atoms with Crippen LogP contribution in [-0.2, 0) is 88.9 Å². The van der Waals surface area contributed by atoms with Crippen molar-refractivity contribution in [1.29, 1.82) is 0 Å². The van der Waals surface area contributed by atoms with Crippen LogP contribution in [0.4, 0.5) is 0 Å². The second-order valence-electron chi connectivity index (χ2n) is 18.4. The van der Waals surface area contributed by atoms with E-state index in [1.165, 1.54) is 0 Å². The lowest BCUT2D eigenvalue weighted by Crippen LogP contribution is -2.69. The third-order valence-electron chi connectivity index (χ3n) is 13.2. The highest BCUT2D eigenvalue weighted by molar-refractivity contribution is 5.20. The van der Waals surface area contributed by atoms with E-state index >= 15 is 0 Å². The maximum Gasteiger partial charge on any atom is 0.169 e. The summed E-state index contributed by atoms with van der Waals surface area (Å²) < 4.78 is 62.0. The largest absolute Gasteiger partial charge is 0.387 e. The number of nitrogens with zero attached hydrogens (tertiary/aromatic N) is 3. The van der Waals surface area contributed by atoms with Gasteiger partial charge in [-0.1, -0.05) is 217 Å². The van der Waals surface area contributed by atoms with Gasteiger partial charge in [0.25, 0.3) is 0 Å². The van der Waals surface area contributed by atoms with E-state index in [1.807, 2.05) is 212 Å². The molecule has 0 amide bonds. The third kappa shape index (κ3) is 14.6. The molecule has 0 unspecified atom stereocenters. The zero-order valence-electron chi connectivity index (χ0n) is 41.2. The molecule has 13 heteroatoms. The molecule has 74 heavy (non-hydrogen) atoms. The van der Waals surface area contributed by atoms with E-state index in [0.29, 0.717) is 0 Å². The van der Waals surface area contributed by atoms with Crippen LogP contribution in [0, 0.1) is 0 Å². The Hall–Kier alpha value is -6.55. The van der Waals surface area contributed by atoms with Gasteiger partial charge >= 0.3 is 0 Å². The van der Waals surface area contributed by atoms with Crippen molar-refractivity contribution in [2.45, 2.75) is 114 Å². The first kappa shape index (κ1) is 52.3. The van der Waals surface area contributed by atoms with E-state index in [0.717, 1.165) is 38.9 Å². The highest BCUT2D eigenvalue weighted by Gasteiger charge is 2.57. The zero-order chi connectivity index (χ0) is 50.6. The van der Waals surface area contributed by atoms with Crippen molar-refractivity contribution >= 4 is 0 Å². The van der Waals surface area contributed by atoms with E-state index in [1.54, 1.807) is 0 Å². The van der Waals surface area contributed by atoms with Crippen LogP contribution in [0.15, 0.2) is 217 Å². The van der Waals surface area contributed by atoms with Crippen molar-refractivity contribution in [2.75, 3.05) is 6.61 Å². The number of hydrogen-bond donors (Lipinski definition) is 1. The molecular formula is C61H63N3O10. The van der Waals surface area contributed by atoms with E-state index in [-0.39, 0.29) is 52.9 Å². The summed E-state index contributed by atoms with van der Waals surface area (Å²) in [6, 6.07) is 67.4. The van der Waals surface area contributed by atoms with Gasteiger partial charge in [0.2, 0.25) is 0 Å². The van der Waals surface area contributed by atoms with E-state index in [9.17, 15) is 10.6 Å². The van der Waals surface area contributed by atoms with Crippen LogP contribution in [0.2, 0.25) is 0 Å². The van der Waals surface area contributed by atoms with Gasteiger partial charge in [-0.15, -0.1) is 0 Å². The Morgan fingerprint density at radius 3 is 1.04 bits per heavy atom. The molecule has 2 fully saturated rings. The Morgan fingerprint density at radius 1 is 0.378 bits per heavy atom. The monoisotopic (exact) mass is 997 g/mol. The number of aliphatic hydroxyl groups is 1. The van der Waals surface area contributed by atoms with Crippen LogP contribution < -0.4 is 0 Å². The fourth-order valence-corrected chi connectivity index (χ4v) is 9.39. The van der Waals surface area contributed by atoms with Gasteiger partial charge in [-0.05, 0) is 44.5 Å². The van der Waals surface area contributed by atoms with Gasteiger partial charge in [0.1, 0.15) is 61.0 Å². The first-order valence-corrected chi connectivity index (χ1v) is 25.2. The summed E-state index contributed by atoms with van der Waals surface area (Å²) in [6.45, 7) is 1.31. The SMILES string of the molecule is [N-]=[N+]=N[C@H]1[C@H](O[C@H]2[C@H](O)[C@@H](OCc3ccccc3)[C@H](OCc3ccccc3)[C@H](OCc3ccccc3)[C@H]2OCc2ccccc2)O[C@H](COCc2ccccc2)[C@@H](OCc2ccccc2)[C@@H]1OCc1ccccc1. The highest BCUT2D eigenvalue weighted by Crippen LogP contribution is 2.38. The van der Waals surface area contributed by atoms with Gasteiger partial charge in [0.05, 0.1) is 52.9 Å². The molecular weight excluding hydrogens is 935 g/mol. The lowest BCUT2D eigenvalue weighted by Gasteiger charge is -2.51. The predicted octanol–water partition coefficient (Wildman–Crippen LogP) is 10.9. The fourth-order valence-electron chi connectivity index (χ4n) is 9.39. The van der Waals surface area contributed by atoms with E-state index in [4.69, 9.17) is 42.6 Å². The quantitative estimate of drug-likeness (QED) is 0.0333. The van der Waals surface area contributed by atoms with Gasteiger partial charge in [-0.25, -0.2) is 0 Å². The van der Waals surface area contributed by atoms with Gasteiger partial charge in [0.15, 0.2) is 6.29 Å². The molecule has 2 aliphatic rings. The molecule has 1 saturated carbocycles. The summed E-state index contributed by atoms with van der Waals surface area (Å²) in [7, 11) is 0. The van der Waals surface area contributed by atoms with Gasteiger partial charge in [0, 0.05) is 4.91 Å². The summed E-state index contributed by atoms with van der Waals surface area (Å²) in [6.07, 6.45) is -10.5. The first-order chi connectivity index (χ1) is 36.6. The highest BCUT2D eigenvalue weighted by atomic mass is 16.7. The molecule has 1 heterocycles. The molecule has 0 radical (unpaired) electrons. The zero-order valence-corrected chi connectivity index (χ0v) is 41.2. The molecule has 7 aromatic carbocycles. The summed E-state index contributed by atoms with van der Waals surface area (Å²) in [5.74, 6) is 0. The standard InChI is InChI=1S/C61H63N3O10/c62-64-63-52-55(68-38-46-26-12-3-13-27-46)54(67-37-45-24-10-2-11-25-45)51(43-66-36-44-22-8-1-9-23-44)73-61(52)74-57-53(65)56(69-39-47-28-14-4-15-29-47)58(70-40-48-30-16-5-17-31-48)60(72-42-50-34-20-7-21-35-50)59(57)71-41-49-32-18-6-19-33-49/h1-35,51-61,65H,36-43H2/t51-,52-,53-,54-,55-,56-,57+,58+,59+,60+,61+/m1/s1. The molecule has 0 spiro atoms. The summed E-state index contributed by atoms with van der Waals surface area (Å²) in [5, 5.41) is 17.5. The Balaban J connectivity index is 1.11. The molecule has 9 rings (SSSR count). The number of rotatable bonds is 25. The number of hydrogen-bond acceptors (Lipinski definition) is 11. The van der Waals surface area contributed by atoms with Crippen LogP contribution in [0.1, 0.15) is 38.9 Å². The topological polar surface area (TPSA) is 152 Å². The van der Waals surface area contributed by atoms with Crippen molar-refractivity contribution in [2.24, 2.45) is 5.11 Å². The molecule has 1 aliphatic carbocycles. The van der Waals surface area contributed by atoms with Crippen LogP contribution in [0.5, 0.6) is 0 Å². The Morgan fingerprint density at radius 2 is 0.676 bits per heavy atom. The van der Waals surface area contributed by atoms with Crippen molar-refractivity contribution < 1.29 is 47.7 Å². The second kappa shape index (κ2) is 27.7. The smallest absolute Gasteiger partial charge is 0.169 e. The van der Waals surface area contributed by atoms with E-state index < -0.39 is 67.3 Å². The maximum atomic E-state index is 13.1. The molecule has 11 atom stereocenters. The van der Waals surface area contributed by atoms with E-state index in [2.05, 4.69) is 10.0 Å². The Kier molecular flexibility index (Phi) is 19.6. The Labute approximate surface area is 433 Å².